The van der Waals surface area contributed by atoms with Crippen LogP contribution in [0.3, 0.4) is 0 Å². The molecule has 12 heteroatoms. The Morgan fingerprint density at radius 3 is 2.62 bits per heavy atom. The molecular weight excluding hydrogens is 478 g/mol. The van der Waals surface area contributed by atoms with E-state index in [1.54, 1.807) is 6.92 Å². The predicted octanol–water partition coefficient (Wildman–Crippen LogP) is 5.81. The van der Waals surface area contributed by atoms with Gasteiger partial charge in [-0.2, -0.15) is 18.3 Å². The van der Waals surface area contributed by atoms with E-state index in [0.29, 0.717) is 6.42 Å². The average Bonchev–Trinajstić information content (AvgIpc) is 3.42. The normalized spacial score (nSPS) is 12.8. The Balaban J connectivity index is 2.02. The molecule has 4 aromatic rings. The molecule has 0 saturated carbocycles. The number of nitrogens with zero attached hydrogens (tertiary/aromatic N) is 5. The van der Waals surface area contributed by atoms with Crippen molar-refractivity contribution in [3.8, 4) is 33.8 Å². The van der Waals surface area contributed by atoms with E-state index in [9.17, 15) is 22.7 Å². The van der Waals surface area contributed by atoms with E-state index in [0.717, 1.165) is 16.9 Å². The van der Waals surface area contributed by atoms with Gasteiger partial charge in [-0.1, -0.05) is 36.2 Å². The van der Waals surface area contributed by atoms with Gasteiger partial charge in [-0.25, -0.2) is 14.4 Å². The highest BCUT2D eigenvalue weighted by Crippen LogP contribution is 2.46. The van der Waals surface area contributed by atoms with Crippen LogP contribution in [0, 0.1) is 5.82 Å². The van der Waals surface area contributed by atoms with Crippen molar-refractivity contribution in [3.05, 3.63) is 59.5 Å². The molecule has 0 unspecified atom stereocenters. The number of aliphatic hydroxyl groups excluding tert-OH is 1. The molecule has 1 aromatic carbocycles. The fraction of sp³-hybridized carbons (Fsp3) is 0.273. The molecule has 0 saturated heterocycles. The summed E-state index contributed by atoms with van der Waals surface area (Å²) < 4.78 is 63.6. The van der Waals surface area contributed by atoms with E-state index >= 15 is 0 Å². The van der Waals surface area contributed by atoms with Crippen LogP contribution < -0.4 is 0 Å². The molecule has 1 atom stereocenters. The highest BCUT2D eigenvalue weighted by atomic mass is 35.5. The van der Waals surface area contributed by atoms with Gasteiger partial charge in [0.2, 0.25) is 0 Å². The predicted molar refractivity (Wildman–Crippen MR) is 115 cm³/mol. The highest BCUT2D eigenvalue weighted by Gasteiger charge is 2.42. The maximum Gasteiger partial charge on any atom is 0.433 e. The first-order valence-corrected chi connectivity index (χ1v) is 10.6. The fourth-order valence-electron chi connectivity index (χ4n) is 3.76. The molecule has 3 aromatic heterocycles. The van der Waals surface area contributed by atoms with E-state index in [2.05, 4.69) is 20.2 Å². The zero-order valence-electron chi connectivity index (χ0n) is 17.7. The summed E-state index contributed by atoms with van der Waals surface area (Å²) in [4.78, 5) is 7.93. The molecule has 0 amide bonds. The van der Waals surface area contributed by atoms with Crippen LogP contribution in [-0.2, 0) is 6.18 Å². The summed E-state index contributed by atoms with van der Waals surface area (Å²) in [6, 6.07) is 4.49. The van der Waals surface area contributed by atoms with Crippen LogP contribution in [0.5, 0.6) is 0 Å². The summed E-state index contributed by atoms with van der Waals surface area (Å²) in [5, 5.41) is 17.5. The summed E-state index contributed by atoms with van der Waals surface area (Å²) in [5.74, 6) is -1.06. The maximum absolute atomic E-state index is 14.7. The standard InChI is InChI=1S/C22H18ClF4N5O2/c1-2-4-12(10-33)32-21(22(25,26)27)13(9-30-32)20-18(16-7-8-28-11-29-16)19(31-34-20)17-14(23)5-3-6-15(17)24/h3,5-9,11-12,33H,2,4,10H2,1H3/t12-/m0/s1. The third kappa shape index (κ3) is 4.28. The van der Waals surface area contributed by atoms with E-state index in [4.69, 9.17) is 16.1 Å². The molecule has 7 nitrogen and oxygen atoms in total. The minimum Gasteiger partial charge on any atom is -0.394 e. The Morgan fingerprint density at radius 2 is 2.00 bits per heavy atom. The van der Waals surface area contributed by atoms with Crippen molar-refractivity contribution in [2.24, 2.45) is 0 Å². The largest absolute Gasteiger partial charge is 0.433 e. The summed E-state index contributed by atoms with van der Waals surface area (Å²) in [5.41, 5.74) is -1.68. The highest BCUT2D eigenvalue weighted by molar-refractivity contribution is 6.33. The van der Waals surface area contributed by atoms with E-state index in [1.165, 1.54) is 30.7 Å². The van der Waals surface area contributed by atoms with Crippen LogP contribution in [0.15, 0.2) is 47.5 Å². The molecule has 1 N–H and O–H groups in total. The van der Waals surface area contributed by atoms with Crippen LogP contribution >= 0.6 is 11.6 Å². The number of benzene rings is 1. The molecule has 0 fully saturated rings. The molecule has 34 heavy (non-hydrogen) atoms. The minimum absolute atomic E-state index is 0.00418. The number of alkyl halides is 3. The Kier molecular flexibility index (Phi) is 6.67. The van der Waals surface area contributed by atoms with Gasteiger partial charge in [0.1, 0.15) is 17.8 Å². The summed E-state index contributed by atoms with van der Waals surface area (Å²) in [6.07, 6.45) is -0.495. The van der Waals surface area contributed by atoms with Gasteiger partial charge in [0.05, 0.1) is 46.3 Å². The van der Waals surface area contributed by atoms with Crippen molar-refractivity contribution >= 4 is 11.6 Å². The van der Waals surface area contributed by atoms with Gasteiger partial charge >= 0.3 is 6.18 Å². The average molecular weight is 496 g/mol. The molecule has 0 aliphatic rings. The van der Waals surface area contributed by atoms with Crippen LogP contribution in [0.1, 0.15) is 31.5 Å². The van der Waals surface area contributed by atoms with Crippen molar-refractivity contribution in [2.45, 2.75) is 32.0 Å². The van der Waals surface area contributed by atoms with Crippen molar-refractivity contribution in [1.29, 1.82) is 0 Å². The first kappa shape index (κ1) is 23.8. The van der Waals surface area contributed by atoms with Crippen LogP contribution in [0.25, 0.3) is 33.8 Å². The van der Waals surface area contributed by atoms with Crippen LogP contribution in [0.4, 0.5) is 17.6 Å². The van der Waals surface area contributed by atoms with Gasteiger partial charge in [-0.15, -0.1) is 0 Å². The molecule has 0 aliphatic carbocycles. The second kappa shape index (κ2) is 9.51. The van der Waals surface area contributed by atoms with E-state index in [-0.39, 0.29) is 39.7 Å². The maximum atomic E-state index is 14.7. The van der Waals surface area contributed by atoms with Gasteiger partial charge in [-0.05, 0) is 24.6 Å². The van der Waals surface area contributed by atoms with E-state index < -0.39 is 35.9 Å². The molecule has 0 aliphatic heterocycles. The Labute approximate surface area is 196 Å². The Bertz CT molecular complexity index is 1270. The zero-order valence-corrected chi connectivity index (χ0v) is 18.5. The van der Waals surface area contributed by atoms with Gasteiger partial charge in [0.25, 0.3) is 0 Å². The Morgan fingerprint density at radius 1 is 1.21 bits per heavy atom. The van der Waals surface area contributed by atoms with Crippen molar-refractivity contribution in [2.75, 3.05) is 6.61 Å². The SMILES string of the molecule is CCC[C@@H](CO)n1ncc(-c2onc(-c3c(F)cccc3Cl)c2-c2ccncn2)c1C(F)(F)F. The number of halogens is 5. The first-order valence-electron chi connectivity index (χ1n) is 10.2. The number of aromatic nitrogens is 5. The monoisotopic (exact) mass is 495 g/mol. The number of hydrogen-bond donors (Lipinski definition) is 1. The van der Waals surface area contributed by atoms with Gasteiger partial charge in [0.15, 0.2) is 11.5 Å². The number of aliphatic hydroxyl groups is 1. The third-order valence-corrected chi connectivity index (χ3v) is 5.53. The van der Waals surface area contributed by atoms with Gasteiger partial charge < -0.3 is 9.63 Å². The quantitative estimate of drug-likeness (QED) is 0.326. The van der Waals surface area contributed by atoms with Crippen molar-refractivity contribution in [3.63, 3.8) is 0 Å². The number of rotatable bonds is 7. The summed E-state index contributed by atoms with van der Waals surface area (Å²) in [7, 11) is 0. The molecule has 0 radical (unpaired) electrons. The Hall–Kier alpha value is -3.31. The lowest BCUT2D eigenvalue weighted by molar-refractivity contribution is -0.144. The number of hydrogen-bond acceptors (Lipinski definition) is 6. The van der Waals surface area contributed by atoms with Crippen molar-refractivity contribution < 1.29 is 27.2 Å². The second-order valence-corrected chi connectivity index (χ2v) is 7.81. The lowest BCUT2D eigenvalue weighted by Gasteiger charge is -2.19. The van der Waals surface area contributed by atoms with Gasteiger partial charge in [0, 0.05) is 6.20 Å². The summed E-state index contributed by atoms with van der Waals surface area (Å²) >= 11 is 6.20. The lowest BCUT2D eigenvalue weighted by atomic mass is 9.99. The minimum atomic E-state index is -4.85. The topological polar surface area (TPSA) is 89.9 Å². The second-order valence-electron chi connectivity index (χ2n) is 7.40. The molecule has 0 bridgehead atoms. The molecule has 178 valence electrons. The molecular formula is C22H18ClF4N5O2. The lowest BCUT2D eigenvalue weighted by Crippen LogP contribution is -2.22. The van der Waals surface area contributed by atoms with Crippen molar-refractivity contribution in [1.82, 2.24) is 24.9 Å². The van der Waals surface area contributed by atoms with Crippen LogP contribution in [-0.4, -0.2) is 36.6 Å². The fourth-order valence-corrected chi connectivity index (χ4v) is 4.01. The molecule has 0 spiro atoms. The molecule has 4 rings (SSSR count). The first-order chi connectivity index (χ1) is 16.3. The smallest absolute Gasteiger partial charge is 0.394 e. The molecule has 3 heterocycles. The third-order valence-electron chi connectivity index (χ3n) is 5.22. The van der Waals surface area contributed by atoms with E-state index in [1.807, 2.05) is 0 Å². The van der Waals surface area contributed by atoms with Crippen LogP contribution in [0.2, 0.25) is 5.02 Å². The van der Waals surface area contributed by atoms with Gasteiger partial charge in [-0.3, -0.25) is 4.68 Å². The zero-order chi connectivity index (χ0) is 24.5. The summed E-state index contributed by atoms with van der Waals surface area (Å²) in [6.45, 7) is 1.25.